The Hall–Kier alpha value is -3.66. The largest absolute Gasteiger partial charge is 0.487 e. The van der Waals surface area contributed by atoms with Gasteiger partial charge in [0.15, 0.2) is 0 Å². The average molecular weight is 505 g/mol. The van der Waals surface area contributed by atoms with Crippen molar-refractivity contribution >= 4 is 17.7 Å². The summed E-state index contributed by atoms with van der Waals surface area (Å²) in [4.78, 5) is 25.6. The van der Waals surface area contributed by atoms with E-state index in [9.17, 15) is 4.79 Å². The summed E-state index contributed by atoms with van der Waals surface area (Å²) in [5.74, 6) is 1.25. The highest BCUT2D eigenvalue weighted by Gasteiger charge is 2.26. The van der Waals surface area contributed by atoms with Gasteiger partial charge in [0, 0.05) is 50.7 Å². The average Bonchev–Trinajstić information content (AvgIpc) is 3.23. The van der Waals surface area contributed by atoms with Crippen molar-refractivity contribution in [3.63, 3.8) is 0 Å². The van der Waals surface area contributed by atoms with Crippen LogP contribution in [0.2, 0.25) is 0 Å². The van der Waals surface area contributed by atoms with Crippen molar-refractivity contribution in [1.29, 1.82) is 0 Å². The molecule has 2 aromatic heterocycles. The number of nitrogens with zero attached hydrogens (tertiary/aromatic N) is 6. The van der Waals surface area contributed by atoms with E-state index in [1.54, 1.807) is 12.4 Å². The lowest BCUT2D eigenvalue weighted by atomic mass is 10.00. The Morgan fingerprint density at radius 1 is 1.19 bits per heavy atom. The van der Waals surface area contributed by atoms with E-state index < -0.39 is 5.60 Å². The van der Waals surface area contributed by atoms with Crippen molar-refractivity contribution in [3.8, 4) is 17.0 Å². The highest BCUT2D eigenvalue weighted by Crippen LogP contribution is 2.37. The number of aromatic nitrogens is 4. The molecule has 0 unspecified atom stereocenters. The lowest BCUT2D eigenvalue weighted by Gasteiger charge is -2.36. The Labute approximate surface area is 218 Å². The van der Waals surface area contributed by atoms with E-state index in [-0.39, 0.29) is 6.03 Å². The molecule has 0 saturated carbocycles. The number of rotatable bonds is 7. The first kappa shape index (κ1) is 25.0. The number of benzene rings is 1. The van der Waals surface area contributed by atoms with Gasteiger partial charge in [-0.15, -0.1) is 0 Å². The number of urea groups is 1. The molecule has 5 rings (SSSR count). The van der Waals surface area contributed by atoms with Crippen LogP contribution in [0.25, 0.3) is 11.3 Å². The molecule has 2 N–H and O–H groups in total. The molecule has 0 bridgehead atoms. The second-order valence-corrected chi connectivity index (χ2v) is 10.9. The number of carbonyl (C=O) groups excluding carboxylic acids is 1. The molecule has 2 amide bonds. The number of amides is 2. The monoisotopic (exact) mass is 504 g/mol. The summed E-state index contributed by atoms with van der Waals surface area (Å²) in [6.45, 7) is 12.2. The predicted octanol–water partition coefficient (Wildman–Crippen LogP) is 3.97. The number of ether oxygens (including phenoxy) is 1. The van der Waals surface area contributed by atoms with E-state index in [1.807, 2.05) is 61.7 Å². The topological polar surface area (TPSA) is 100 Å². The Kier molecular flexibility index (Phi) is 6.76. The third-order valence-corrected chi connectivity index (χ3v) is 6.71. The second-order valence-electron chi connectivity index (χ2n) is 10.9. The quantitative estimate of drug-likeness (QED) is 0.502. The number of hydrogen-bond acceptors (Lipinski definition) is 7. The number of anilines is 2. The molecule has 2 aliphatic rings. The molecule has 1 aromatic carbocycles. The third kappa shape index (κ3) is 5.69. The summed E-state index contributed by atoms with van der Waals surface area (Å²) in [6, 6.07) is 6.31. The minimum atomic E-state index is -0.405. The summed E-state index contributed by atoms with van der Waals surface area (Å²) in [5, 5.41) is 10.8. The zero-order valence-corrected chi connectivity index (χ0v) is 22.3. The number of hydrogen-bond donors (Lipinski definition) is 2. The first-order valence-electron chi connectivity index (χ1n) is 12.8. The van der Waals surface area contributed by atoms with Crippen LogP contribution in [-0.4, -0.2) is 74.4 Å². The van der Waals surface area contributed by atoms with Gasteiger partial charge in [0.2, 0.25) is 5.95 Å². The van der Waals surface area contributed by atoms with Crippen LogP contribution in [0.15, 0.2) is 36.8 Å². The maximum absolute atomic E-state index is 12.3. The summed E-state index contributed by atoms with van der Waals surface area (Å²) < 4.78 is 8.43. The van der Waals surface area contributed by atoms with Crippen LogP contribution in [0.1, 0.15) is 44.4 Å². The van der Waals surface area contributed by atoms with Gasteiger partial charge < -0.3 is 25.2 Å². The molecule has 3 aromatic rings. The predicted molar refractivity (Wildman–Crippen MR) is 143 cm³/mol. The zero-order valence-electron chi connectivity index (χ0n) is 22.3. The molecule has 4 heterocycles. The van der Waals surface area contributed by atoms with Crippen LogP contribution in [0, 0.1) is 6.92 Å². The molecule has 10 heteroatoms. The second kappa shape index (κ2) is 10.0. The van der Waals surface area contributed by atoms with E-state index in [0.717, 1.165) is 66.4 Å². The van der Waals surface area contributed by atoms with Crippen molar-refractivity contribution in [2.24, 2.45) is 0 Å². The van der Waals surface area contributed by atoms with E-state index in [0.29, 0.717) is 18.5 Å². The minimum Gasteiger partial charge on any atom is -0.487 e. The van der Waals surface area contributed by atoms with Crippen molar-refractivity contribution in [1.82, 2.24) is 34.9 Å². The van der Waals surface area contributed by atoms with Crippen LogP contribution in [0.5, 0.6) is 5.75 Å². The molecular formula is C27H36N8O2. The number of likely N-dealkylation sites (N-methyl/N-ethyl adjacent to an activating group) is 1. The van der Waals surface area contributed by atoms with Gasteiger partial charge >= 0.3 is 6.03 Å². The maximum Gasteiger partial charge on any atom is 0.317 e. The van der Waals surface area contributed by atoms with Crippen molar-refractivity contribution in [2.75, 3.05) is 38.5 Å². The smallest absolute Gasteiger partial charge is 0.317 e. The molecule has 2 aliphatic heterocycles. The fraction of sp³-hybridized carbons (Fsp3) is 0.481. The summed E-state index contributed by atoms with van der Waals surface area (Å²) in [5.41, 5.74) is 4.07. The molecule has 2 fully saturated rings. The van der Waals surface area contributed by atoms with E-state index in [1.165, 1.54) is 0 Å². The van der Waals surface area contributed by atoms with Crippen LogP contribution in [0.3, 0.4) is 0 Å². The van der Waals surface area contributed by atoms with Crippen molar-refractivity contribution in [2.45, 2.75) is 52.3 Å². The first-order chi connectivity index (χ1) is 17.7. The van der Waals surface area contributed by atoms with Gasteiger partial charge in [0.05, 0.1) is 23.6 Å². The van der Waals surface area contributed by atoms with Crippen molar-refractivity contribution < 1.29 is 9.53 Å². The van der Waals surface area contributed by atoms with E-state index in [4.69, 9.17) is 9.72 Å². The van der Waals surface area contributed by atoms with Crippen LogP contribution in [0.4, 0.5) is 16.4 Å². The molecule has 0 atom stereocenters. The summed E-state index contributed by atoms with van der Waals surface area (Å²) in [7, 11) is 2.11. The Bertz CT molecular complexity index is 1270. The van der Waals surface area contributed by atoms with Gasteiger partial charge in [0.1, 0.15) is 11.4 Å². The van der Waals surface area contributed by atoms with Crippen LogP contribution < -0.4 is 15.4 Å². The van der Waals surface area contributed by atoms with Gasteiger partial charge in [-0.1, -0.05) is 6.07 Å². The number of carbonyl (C=O) groups is 1. The number of likely N-dealkylation sites (tertiary alicyclic amines) is 2. The van der Waals surface area contributed by atoms with E-state index in [2.05, 4.69) is 32.7 Å². The molecule has 0 spiro atoms. The highest BCUT2D eigenvalue weighted by molar-refractivity contribution is 5.75. The lowest BCUT2D eigenvalue weighted by molar-refractivity contribution is 0.130. The molecular weight excluding hydrogens is 468 g/mol. The Balaban J connectivity index is 1.37. The minimum absolute atomic E-state index is 0.0211. The Morgan fingerprint density at radius 3 is 2.65 bits per heavy atom. The summed E-state index contributed by atoms with van der Waals surface area (Å²) in [6.07, 6.45) is 6.61. The zero-order chi connectivity index (χ0) is 26.2. The van der Waals surface area contributed by atoms with E-state index >= 15 is 0 Å². The number of nitrogens with one attached hydrogen (secondary N) is 2. The van der Waals surface area contributed by atoms with Crippen LogP contribution >= 0.6 is 0 Å². The van der Waals surface area contributed by atoms with Gasteiger partial charge in [-0.05, 0) is 64.4 Å². The van der Waals surface area contributed by atoms with Gasteiger partial charge in [-0.2, -0.15) is 5.10 Å². The molecule has 37 heavy (non-hydrogen) atoms. The fourth-order valence-electron chi connectivity index (χ4n) is 4.50. The molecule has 196 valence electrons. The van der Waals surface area contributed by atoms with Gasteiger partial charge in [-0.25, -0.2) is 14.8 Å². The van der Waals surface area contributed by atoms with Gasteiger partial charge in [0.25, 0.3) is 0 Å². The standard InChI is InChI=1S/C27H36N8O2/c1-18-19(13-29-26(36)34-11-6-12-34)7-8-22(24(18)37-27(2,3)4)23-9-10-28-25(32-23)31-20-14-30-35(15-20)21-16-33(5)17-21/h7-10,14-15,21H,6,11-13,16-17H2,1-5H3,(H,29,36)(H,28,31,32). The molecule has 0 radical (unpaired) electrons. The van der Waals surface area contributed by atoms with Gasteiger partial charge in [-0.3, -0.25) is 4.68 Å². The SMILES string of the molecule is Cc1c(CNC(=O)N2CCC2)ccc(-c2ccnc(Nc3cnn(C4CN(C)C4)c3)n2)c1OC(C)(C)C. The molecule has 0 aliphatic carbocycles. The van der Waals surface area contributed by atoms with Crippen LogP contribution in [-0.2, 0) is 6.54 Å². The van der Waals surface area contributed by atoms with Crippen molar-refractivity contribution in [3.05, 3.63) is 47.9 Å². The third-order valence-electron chi connectivity index (χ3n) is 6.71. The normalized spacial score (nSPS) is 16.2. The molecule has 2 saturated heterocycles. The fourth-order valence-corrected chi connectivity index (χ4v) is 4.50. The maximum atomic E-state index is 12.3. The highest BCUT2D eigenvalue weighted by atomic mass is 16.5. The lowest BCUT2D eigenvalue weighted by Crippen LogP contribution is -2.47. The summed E-state index contributed by atoms with van der Waals surface area (Å²) >= 11 is 0. The Morgan fingerprint density at radius 2 is 1.97 bits per heavy atom. The molecule has 10 nitrogen and oxygen atoms in total. The first-order valence-corrected chi connectivity index (χ1v) is 12.8.